The molecule has 2 unspecified atom stereocenters. The van der Waals surface area contributed by atoms with Gasteiger partial charge >= 0.3 is 0 Å². The van der Waals surface area contributed by atoms with E-state index in [1.807, 2.05) is 7.05 Å². The lowest BCUT2D eigenvalue weighted by Gasteiger charge is -2.28. The molecule has 114 valence electrons. The Balaban J connectivity index is 1.98. The maximum atomic E-state index is 3.39. The number of hydrogen-bond acceptors (Lipinski definition) is 1. The number of likely N-dealkylation sites (N-methyl/N-ethyl adjacent to an activating group) is 1. The SMILES string of the molecule is CNC1=CC=CCC1=C1c2ccccc2C=CC2C=CC=CC12. The molecule has 0 amide bonds. The Hall–Kier alpha value is -2.54. The molecular weight excluding hydrogens is 278 g/mol. The molecule has 1 aromatic carbocycles. The van der Waals surface area contributed by atoms with Crippen molar-refractivity contribution in [3.8, 4) is 0 Å². The monoisotopic (exact) mass is 299 g/mol. The molecule has 4 rings (SSSR count). The summed E-state index contributed by atoms with van der Waals surface area (Å²) in [5.41, 5.74) is 6.79. The Morgan fingerprint density at radius 3 is 2.78 bits per heavy atom. The molecule has 1 N–H and O–H groups in total. The lowest BCUT2D eigenvalue weighted by Crippen LogP contribution is -2.18. The summed E-state index contributed by atoms with van der Waals surface area (Å²) < 4.78 is 0. The Bertz CT molecular complexity index is 799. The molecule has 0 aromatic heterocycles. The van der Waals surface area contributed by atoms with Crippen LogP contribution in [0.25, 0.3) is 11.6 Å². The summed E-state index contributed by atoms with van der Waals surface area (Å²) in [5.74, 6) is 0.831. The van der Waals surface area contributed by atoms with Gasteiger partial charge in [0.25, 0.3) is 0 Å². The molecular formula is C22H21N. The summed E-state index contributed by atoms with van der Waals surface area (Å²) >= 11 is 0. The first-order valence-electron chi connectivity index (χ1n) is 8.29. The van der Waals surface area contributed by atoms with Crippen LogP contribution in [0.2, 0.25) is 0 Å². The van der Waals surface area contributed by atoms with Gasteiger partial charge in [-0.05, 0) is 34.8 Å². The summed E-state index contributed by atoms with van der Waals surface area (Å²) in [6.45, 7) is 0. The Kier molecular flexibility index (Phi) is 3.63. The zero-order valence-electron chi connectivity index (χ0n) is 13.4. The van der Waals surface area contributed by atoms with Crippen LogP contribution in [-0.2, 0) is 0 Å². The molecule has 0 heterocycles. The van der Waals surface area contributed by atoms with Crippen LogP contribution in [0.15, 0.2) is 84.1 Å². The highest BCUT2D eigenvalue weighted by atomic mass is 14.8. The topological polar surface area (TPSA) is 12.0 Å². The Morgan fingerprint density at radius 2 is 1.87 bits per heavy atom. The molecule has 2 atom stereocenters. The van der Waals surface area contributed by atoms with Gasteiger partial charge < -0.3 is 5.32 Å². The van der Waals surface area contributed by atoms with Gasteiger partial charge in [-0.15, -0.1) is 0 Å². The van der Waals surface area contributed by atoms with Gasteiger partial charge in [-0.2, -0.15) is 0 Å². The van der Waals surface area contributed by atoms with Gasteiger partial charge in [0, 0.05) is 24.6 Å². The molecule has 1 aromatic rings. The molecule has 0 aliphatic heterocycles. The highest BCUT2D eigenvalue weighted by molar-refractivity contribution is 5.83. The van der Waals surface area contributed by atoms with Crippen LogP contribution in [0.4, 0.5) is 0 Å². The summed E-state index contributed by atoms with van der Waals surface area (Å²) in [5, 5.41) is 3.39. The predicted molar refractivity (Wildman–Crippen MR) is 98.6 cm³/mol. The molecule has 0 bridgehead atoms. The molecule has 1 heteroatoms. The first kappa shape index (κ1) is 14.1. The van der Waals surface area contributed by atoms with Gasteiger partial charge in [0.15, 0.2) is 0 Å². The minimum absolute atomic E-state index is 0.401. The Labute approximate surface area is 138 Å². The molecule has 0 spiro atoms. The van der Waals surface area contributed by atoms with Gasteiger partial charge in [-0.3, -0.25) is 0 Å². The van der Waals surface area contributed by atoms with Crippen LogP contribution in [0.1, 0.15) is 17.5 Å². The van der Waals surface area contributed by atoms with E-state index in [9.17, 15) is 0 Å². The zero-order valence-corrected chi connectivity index (χ0v) is 13.4. The molecule has 0 fully saturated rings. The quantitative estimate of drug-likeness (QED) is 0.778. The van der Waals surface area contributed by atoms with E-state index in [0.717, 1.165) is 6.42 Å². The van der Waals surface area contributed by atoms with E-state index >= 15 is 0 Å². The predicted octanol–water partition coefficient (Wildman–Crippen LogP) is 4.89. The van der Waals surface area contributed by atoms with Gasteiger partial charge in [-0.25, -0.2) is 0 Å². The molecule has 23 heavy (non-hydrogen) atoms. The highest BCUT2D eigenvalue weighted by Gasteiger charge is 2.28. The summed E-state index contributed by atoms with van der Waals surface area (Å²) in [6.07, 6.45) is 21.2. The van der Waals surface area contributed by atoms with Crippen molar-refractivity contribution in [2.24, 2.45) is 11.8 Å². The molecule has 3 aliphatic carbocycles. The number of benzene rings is 1. The first-order valence-corrected chi connectivity index (χ1v) is 8.29. The third-order valence-corrected chi connectivity index (χ3v) is 4.90. The molecule has 0 radical (unpaired) electrons. The van der Waals surface area contributed by atoms with Crippen molar-refractivity contribution >= 4 is 11.6 Å². The standard InChI is InChI=1S/C22H21N/c1-23-21-13-7-6-12-20(21)22-18-10-4-2-8-16(18)14-15-17-9-3-5-11-19(17)22/h2-11,13-16,18,23H,12H2,1H3. The second kappa shape index (κ2) is 5.92. The van der Waals surface area contributed by atoms with Crippen molar-refractivity contribution in [1.82, 2.24) is 5.32 Å². The van der Waals surface area contributed by atoms with E-state index in [4.69, 9.17) is 0 Å². The van der Waals surface area contributed by atoms with Crippen LogP contribution in [0.3, 0.4) is 0 Å². The molecule has 3 aliphatic rings. The van der Waals surface area contributed by atoms with Crippen LogP contribution in [-0.4, -0.2) is 7.05 Å². The van der Waals surface area contributed by atoms with Gasteiger partial charge in [-0.1, -0.05) is 72.9 Å². The van der Waals surface area contributed by atoms with Crippen LogP contribution < -0.4 is 5.32 Å². The van der Waals surface area contributed by atoms with Crippen molar-refractivity contribution in [3.63, 3.8) is 0 Å². The number of fused-ring (bicyclic) bond motifs is 2. The fourth-order valence-electron chi connectivity index (χ4n) is 3.79. The van der Waals surface area contributed by atoms with E-state index in [1.165, 1.54) is 28.0 Å². The zero-order chi connectivity index (χ0) is 15.6. The smallest absolute Gasteiger partial charge is 0.0376 e. The third-order valence-electron chi connectivity index (χ3n) is 4.90. The van der Waals surface area contributed by atoms with Crippen molar-refractivity contribution in [2.75, 3.05) is 7.05 Å². The Morgan fingerprint density at radius 1 is 1.00 bits per heavy atom. The van der Waals surface area contributed by atoms with Crippen LogP contribution in [0, 0.1) is 11.8 Å². The third kappa shape index (κ3) is 2.43. The van der Waals surface area contributed by atoms with Gasteiger partial charge in [0.2, 0.25) is 0 Å². The maximum Gasteiger partial charge on any atom is 0.0376 e. The second-order valence-corrected chi connectivity index (χ2v) is 6.17. The van der Waals surface area contributed by atoms with Crippen molar-refractivity contribution in [2.45, 2.75) is 6.42 Å². The molecule has 1 nitrogen and oxygen atoms in total. The average molecular weight is 299 g/mol. The van der Waals surface area contributed by atoms with E-state index in [1.54, 1.807) is 0 Å². The van der Waals surface area contributed by atoms with Crippen molar-refractivity contribution in [1.29, 1.82) is 0 Å². The summed E-state index contributed by atoms with van der Waals surface area (Å²) in [6, 6.07) is 8.76. The van der Waals surface area contributed by atoms with E-state index < -0.39 is 0 Å². The normalized spacial score (nSPS) is 28.0. The minimum atomic E-state index is 0.401. The second-order valence-electron chi connectivity index (χ2n) is 6.17. The van der Waals surface area contributed by atoms with Crippen molar-refractivity contribution < 1.29 is 0 Å². The van der Waals surface area contributed by atoms with Crippen LogP contribution in [0.5, 0.6) is 0 Å². The van der Waals surface area contributed by atoms with Gasteiger partial charge in [0.1, 0.15) is 0 Å². The minimum Gasteiger partial charge on any atom is -0.388 e. The van der Waals surface area contributed by atoms with Gasteiger partial charge in [0.05, 0.1) is 0 Å². The number of nitrogens with one attached hydrogen (secondary N) is 1. The fourth-order valence-corrected chi connectivity index (χ4v) is 3.79. The lowest BCUT2D eigenvalue weighted by atomic mass is 9.77. The summed E-state index contributed by atoms with van der Waals surface area (Å²) in [4.78, 5) is 0. The van der Waals surface area contributed by atoms with Crippen LogP contribution >= 0.6 is 0 Å². The largest absolute Gasteiger partial charge is 0.388 e. The van der Waals surface area contributed by atoms with E-state index in [2.05, 4.69) is 84.3 Å². The molecule has 0 saturated heterocycles. The average Bonchev–Trinajstić information content (AvgIpc) is 2.78. The number of hydrogen-bond donors (Lipinski definition) is 1. The highest BCUT2D eigenvalue weighted by Crippen LogP contribution is 2.43. The molecule has 0 saturated carbocycles. The fraction of sp³-hybridized carbons (Fsp3) is 0.182. The summed E-state index contributed by atoms with van der Waals surface area (Å²) in [7, 11) is 2.01. The first-order chi connectivity index (χ1) is 11.4. The lowest BCUT2D eigenvalue weighted by molar-refractivity contribution is 0.684. The van der Waals surface area contributed by atoms with Crippen molar-refractivity contribution in [3.05, 3.63) is 95.3 Å². The number of allylic oxidation sites excluding steroid dienone is 10. The van der Waals surface area contributed by atoms with E-state index in [-0.39, 0.29) is 0 Å². The maximum absolute atomic E-state index is 3.39. The van der Waals surface area contributed by atoms with E-state index in [0.29, 0.717) is 11.8 Å². The number of rotatable bonds is 1.